The summed E-state index contributed by atoms with van der Waals surface area (Å²) < 4.78 is 5.32. The minimum absolute atomic E-state index is 0.338. The van der Waals surface area contributed by atoms with Gasteiger partial charge in [-0.1, -0.05) is 0 Å². The normalized spacial score (nSPS) is 20.9. The van der Waals surface area contributed by atoms with Crippen molar-refractivity contribution in [3.63, 3.8) is 0 Å². The highest BCUT2D eigenvalue weighted by Gasteiger charge is 2.23. The standard InChI is InChI=1S/C11H17N3O/c1-8-5-11(13-6-10(8)12)14-4-3-9(7-14)15-2/h5-6,9H,3-4,7,12H2,1-2H3/t9-/m1/s1. The van der Waals surface area contributed by atoms with E-state index >= 15 is 0 Å². The average molecular weight is 207 g/mol. The average Bonchev–Trinajstić information content (AvgIpc) is 2.70. The molecule has 1 aliphatic rings. The lowest BCUT2D eigenvalue weighted by molar-refractivity contribution is 0.121. The van der Waals surface area contributed by atoms with Gasteiger partial charge in [0.25, 0.3) is 0 Å². The van der Waals surface area contributed by atoms with Gasteiger partial charge in [-0.25, -0.2) is 4.98 Å². The van der Waals surface area contributed by atoms with Crippen LogP contribution < -0.4 is 10.6 Å². The first-order valence-electron chi connectivity index (χ1n) is 5.20. The molecule has 1 aromatic rings. The van der Waals surface area contributed by atoms with E-state index in [4.69, 9.17) is 10.5 Å². The highest BCUT2D eigenvalue weighted by atomic mass is 16.5. The van der Waals surface area contributed by atoms with Crippen LogP contribution in [0.25, 0.3) is 0 Å². The molecule has 0 radical (unpaired) electrons. The molecule has 1 saturated heterocycles. The molecule has 4 nitrogen and oxygen atoms in total. The smallest absolute Gasteiger partial charge is 0.128 e. The lowest BCUT2D eigenvalue weighted by Gasteiger charge is -2.17. The third-order valence-electron chi connectivity index (χ3n) is 2.94. The Balaban J connectivity index is 2.13. The summed E-state index contributed by atoms with van der Waals surface area (Å²) in [5.74, 6) is 1.00. The highest BCUT2D eigenvalue weighted by molar-refractivity contribution is 5.52. The molecule has 1 aliphatic heterocycles. The molecule has 0 amide bonds. The van der Waals surface area contributed by atoms with Crippen molar-refractivity contribution in [3.05, 3.63) is 17.8 Å². The van der Waals surface area contributed by atoms with E-state index < -0.39 is 0 Å². The lowest BCUT2D eigenvalue weighted by atomic mass is 10.2. The molecular weight excluding hydrogens is 190 g/mol. The highest BCUT2D eigenvalue weighted by Crippen LogP contribution is 2.22. The summed E-state index contributed by atoms with van der Waals surface area (Å²) in [6.45, 7) is 3.94. The van der Waals surface area contributed by atoms with Crippen LogP contribution in [-0.4, -0.2) is 31.3 Å². The molecule has 0 bridgehead atoms. The van der Waals surface area contributed by atoms with Gasteiger partial charge in [-0.2, -0.15) is 0 Å². The van der Waals surface area contributed by atoms with Gasteiger partial charge >= 0.3 is 0 Å². The summed E-state index contributed by atoms with van der Waals surface area (Å²) in [6, 6.07) is 2.04. The number of methoxy groups -OCH3 is 1. The van der Waals surface area contributed by atoms with Gasteiger partial charge in [0.05, 0.1) is 18.0 Å². The van der Waals surface area contributed by atoms with E-state index in [0.29, 0.717) is 6.10 Å². The quantitative estimate of drug-likeness (QED) is 0.791. The number of nitrogens with two attached hydrogens (primary N) is 1. The van der Waals surface area contributed by atoms with Crippen molar-refractivity contribution in [2.75, 3.05) is 30.8 Å². The molecule has 0 spiro atoms. The largest absolute Gasteiger partial charge is 0.397 e. The Hall–Kier alpha value is -1.29. The molecule has 0 saturated carbocycles. The van der Waals surface area contributed by atoms with E-state index in [2.05, 4.69) is 9.88 Å². The van der Waals surface area contributed by atoms with Crippen LogP contribution in [0.4, 0.5) is 11.5 Å². The fourth-order valence-corrected chi connectivity index (χ4v) is 1.85. The Kier molecular flexibility index (Phi) is 2.77. The predicted molar refractivity (Wildman–Crippen MR) is 61.0 cm³/mol. The summed E-state index contributed by atoms with van der Waals surface area (Å²) in [5, 5.41) is 0. The van der Waals surface area contributed by atoms with Gasteiger partial charge in [-0.05, 0) is 25.0 Å². The number of ether oxygens (including phenoxy) is 1. The molecule has 4 heteroatoms. The number of hydrogen-bond donors (Lipinski definition) is 1. The second kappa shape index (κ2) is 4.06. The number of nitrogen functional groups attached to an aromatic ring is 1. The first-order valence-corrected chi connectivity index (χ1v) is 5.20. The van der Waals surface area contributed by atoms with Crippen molar-refractivity contribution in [3.8, 4) is 0 Å². The first-order chi connectivity index (χ1) is 7.20. The van der Waals surface area contributed by atoms with Crippen LogP contribution in [0.1, 0.15) is 12.0 Å². The van der Waals surface area contributed by atoms with Gasteiger partial charge in [0.1, 0.15) is 5.82 Å². The second-order valence-corrected chi connectivity index (χ2v) is 3.99. The Labute approximate surface area is 90.0 Å². The van der Waals surface area contributed by atoms with Gasteiger partial charge < -0.3 is 15.4 Å². The number of nitrogens with zero attached hydrogens (tertiary/aromatic N) is 2. The van der Waals surface area contributed by atoms with Crippen molar-refractivity contribution in [1.29, 1.82) is 0 Å². The van der Waals surface area contributed by atoms with Gasteiger partial charge in [0.15, 0.2) is 0 Å². The van der Waals surface area contributed by atoms with E-state index in [1.807, 2.05) is 13.0 Å². The molecule has 15 heavy (non-hydrogen) atoms. The molecule has 2 heterocycles. The molecule has 2 N–H and O–H groups in total. The van der Waals surface area contributed by atoms with Gasteiger partial charge in [0, 0.05) is 20.2 Å². The van der Waals surface area contributed by atoms with Crippen LogP contribution >= 0.6 is 0 Å². The zero-order chi connectivity index (χ0) is 10.8. The number of pyridine rings is 1. The maximum Gasteiger partial charge on any atom is 0.128 e. The Morgan fingerprint density at radius 3 is 3.00 bits per heavy atom. The molecule has 1 fully saturated rings. The van der Waals surface area contributed by atoms with Gasteiger partial charge in [0.2, 0.25) is 0 Å². The summed E-state index contributed by atoms with van der Waals surface area (Å²) in [4.78, 5) is 6.57. The van der Waals surface area contributed by atoms with Gasteiger partial charge in [-0.15, -0.1) is 0 Å². The SMILES string of the molecule is CO[C@@H]1CCN(c2cc(C)c(N)cn2)C1. The molecule has 0 aliphatic carbocycles. The van der Waals surface area contributed by atoms with Crippen LogP contribution in [0.15, 0.2) is 12.3 Å². The van der Waals surface area contributed by atoms with E-state index in [1.165, 1.54) is 0 Å². The van der Waals surface area contributed by atoms with E-state index in [1.54, 1.807) is 13.3 Å². The van der Waals surface area contributed by atoms with Crippen molar-refractivity contribution >= 4 is 11.5 Å². The monoisotopic (exact) mass is 207 g/mol. The zero-order valence-corrected chi connectivity index (χ0v) is 9.23. The molecule has 1 aromatic heterocycles. The third kappa shape index (κ3) is 2.04. The zero-order valence-electron chi connectivity index (χ0n) is 9.23. The fourth-order valence-electron chi connectivity index (χ4n) is 1.85. The van der Waals surface area contributed by atoms with Crippen molar-refractivity contribution < 1.29 is 4.74 Å². The summed E-state index contributed by atoms with van der Waals surface area (Å²) >= 11 is 0. The number of aromatic nitrogens is 1. The van der Waals surface area contributed by atoms with Crippen LogP contribution in [-0.2, 0) is 4.74 Å². The lowest BCUT2D eigenvalue weighted by Crippen LogP contribution is -2.23. The van der Waals surface area contributed by atoms with Crippen LogP contribution in [0.5, 0.6) is 0 Å². The van der Waals surface area contributed by atoms with Gasteiger partial charge in [-0.3, -0.25) is 0 Å². The second-order valence-electron chi connectivity index (χ2n) is 3.99. The minimum Gasteiger partial charge on any atom is -0.397 e. The Bertz CT molecular complexity index is 354. The van der Waals surface area contributed by atoms with E-state index in [0.717, 1.165) is 36.6 Å². The van der Waals surface area contributed by atoms with E-state index in [-0.39, 0.29) is 0 Å². The first kappa shape index (κ1) is 10.2. The number of anilines is 2. The van der Waals surface area contributed by atoms with Crippen LogP contribution in [0.2, 0.25) is 0 Å². The fraction of sp³-hybridized carbons (Fsp3) is 0.545. The van der Waals surface area contributed by atoms with Crippen molar-refractivity contribution in [1.82, 2.24) is 4.98 Å². The molecule has 82 valence electrons. The predicted octanol–water partition coefficient (Wildman–Crippen LogP) is 1.20. The Morgan fingerprint density at radius 2 is 2.40 bits per heavy atom. The van der Waals surface area contributed by atoms with Crippen molar-refractivity contribution in [2.45, 2.75) is 19.4 Å². The summed E-state index contributed by atoms with van der Waals surface area (Å²) in [6.07, 6.45) is 3.14. The van der Waals surface area contributed by atoms with Crippen LogP contribution in [0.3, 0.4) is 0 Å². The maximum atomic E-state index is 5.74. The summed E-state index contributed by atoms with van der Waals surface area (Å²) in [7, 11) is 1.76. The number of aryl methyl sites for hydroxylation is 1. The van der Waals surface area contributed by atoms with E-state index in [9.17, 15) is 0 Å². The number of rotatable bonds is 2. The maximum absolute atomic E-state index is 5.74. The molecular formula is C11H17N3O. The minimum atomic E-state index is 0.338. The van der Waals surface area contributed by atoms with Crippen molar-refractivity contribution in [2.24, 2.45) is 0 Å². The van der Waals surface area contributed by atoms with Crippen LogP contribution in [0, 0.1) is 6.92 Å². The topological polar surface area (TPSA) is 51.4 Å². The Morgan fingerprint density at radius 1 is 1.60 bits per heavy atom. The molecule has 0 aromatic carbocycles. The summed E-state index contributed by atoms with van der Waals surface area (Å²) in [5.41, 5.74) is 7.57. The third-order valence-corrected chi connectivity index (χ3v) is 2.94. The molecule has 0 unspecified atom stereocenters. The number of hydrogen-bond acceptors (Lipinski definition) is 4. The molecule has 1 atom stereocenters. The molecule has 2 rings (SSSR count).